The van der Waals surface area contributed by atoms with Crippen LogP contribution >= 0.6 is 0 Å². The number of benzene rings is 1. The molecule has 17 heavy (non-hydrogen) atoms. The molecule has 0 aliphatic rings. The van der Waals surface area contributed by atoms with Crippen molar-refractivity contribution < 1.29 is 4.42 Å². The molecule has 2 rings (SSSR count). The van der Waals surface area contributed by atoms with Gasteiger partial charge in [0.25, 0.3) is 0 Å². The average Bonchev–Trinajstić information content (AvgIpc) is 2.75. The molecule has 3 heteroatoms. The Bertz CT molecular complexity index is 473. The lowest BCUT2D eigenvalue weighted by atomic mass is 10.0. The zero-order valence-corrected chi connectivity index (χ0v) is 10.2. The van der Waals surface area contributed by atoms with E-state index >= 15 is 0 Å². The van der Waals surface area contributed by atoms with Crippen molar-refractivity contribution in [1.29, 1.82) is 0 Å². The summed E-state index contributed by atoms with van der Waals surface area (Å²) in [5.41, 5.74) is 6.45. The summed E-state index contributed by atoms with van der Waals surface area (Å²) in [5, 5.41) is 0. The molecular formula is C14H18N2O. The Morgan fingerprint density at radius 3 is 2.41 bits per heavy atom. The zero-order valence-electron chi connectivity index (χ0n) is 10.2. The van der Waals surface area contributed by atoms with Gasteiger partial charge in [0.2, 0.25) is 0 Å². The Labute approximate surface area is 102 Å². The normalized spacial score (nSPS) is 12.6. The van der Waals surface area contributed by atoms with E-state index in [1.54, 1.807) is 6.26 Å². The third-order valence-electron chi connectivity index (χ3n) is 2.98. The SMILES string of the molecule is Cc1ccc(CC(NN)c2occc2C)cc1. The van der Waals surface area contributed by atoms with Gasteiger partial charge in [-0.25, -0.2) is 5.43 Å². The van der Waals surface area contributed by atoms with E-state index in [0.29, 0.717) is 0 Å². The fourth-order valence-corrected chi connectivity index (χ4v) is 1.93. The second kappa shape index (κ2) is 5.17. The van der Waals surface area contributed by atoms with Crippen molar-refractivity contribution in [3.8, 4) is 0 Å². The van der Waals surface area contributed by atoms with E-state index in [9.17, 15) is 0 Å². The van der Waals surface area contributed by atoms with Gasteiger partial charge in [-0.3, -0.25) is 5.84 Å². The minimum atomic E-state index is 0.0210. The van der Waals surface area contributed by atoms with Gasteiger partial charge in [0, 0.05) is 0 Å². The molecule has 1 unspecified atom stereocenters. The highest BCUT2D eigenvalue weighted by Gasteiger charge is 2.15. The van der Waals surface area contributed by atoms with E-state index in [4.69, 9.17) is 10.3 Å². The summed E-state index contributed by atoms with van der Waals surface area (Å²) in [6, 6.07) is 10.4. The van der Waals surface area contributed by atoms with E-state index in [1.165, 1.54) is 11.1 Å². The van der Waals surface area contributed by atoms with Crippen molar-refractivity contribution in [3.63, 3.8) is 0 Å². The molecule has 1 aromatic heterocycles. The van der Waals surface area contributed by atoms with Gasteiger partial charge < -0.3 is 4.42 Å². The van der Waals surface area contributed by atoms with Crippen LogP contribution in [0.3, 0.4) is 0 Å². The Hall–Kier alpha value is -1.58. The van der Waals surface area contributed by atoms with Crippen LogP contribution in [-0.4, -0.2) is 0 Å². The maximum Gasteiger partial charge on any atom is 0.125 e. The minimum Gasteiger partial charge on any atom is -0.467 e. The summed E-state index contributed by atoms with van der Waals surface area (Å²) in [5.74, 6) is 6.51. The van der Waals surface area contributed by atoms with Crippen LogP contribution in [-0.2, 0) is 6.42 Å². The predicted molar refractivity (Wildman–Crippen MR) is 68.4 cm³/mol. The molecule has 1 aromatic carbocycles. The number of furan rings is 1. The molecule has 0 fully saturated rings. The van der Waals surface area contributed by atoms with Gasteiger partial charge in [0.1, 0.15) is 5.76 Å². The van der Waals surface area contributed by atoms with Crippen LogP contribution in [0.5, 0.6) is 0 Å². The zero-order chi connectivity index (χ0) is 12.3. The molecular weight excluding hydrogens is 212 g/mol. The fraction of sp³-hybridized carbons (Fsp3) is 0.286. The molecule has 2 aromatic rings. The number of hydrogen-bond donors (Lipinski definition) is 2. The quantitative estimate of drug-likeness (QED) is 0.627. The largest absolute Gasteiger partial charge is 0.467 e. The number of rotatable bonds is 4. The Kier molecular flexibility index (Phi) is 3.61. The summed E-state index contributed by atoms with van der Waals surface area (Å²) in [6.07, 6.45) is 2.52. The van der Waals surface area contributed by atoms with Crippen LogP contribution in [0, 0.1) is 13.8 Å². The Morgan fingerprint density at radius 2 is 1.88 bits per heavy atom. The molecule has 1 atom stereocenters. The molecule has 90 valence electrons. The van der Waals surface area contributed by atoms with Crippen molar-refractivity contribution in [2.75, 3.05) is 0 Å². The first-order valence-electron chi connectivity index (χ1n) is 5.76. The Morgan fingerprint density at radius 1 is 1.18 bits per heavy atom. The van der Waals surface area contributed by atoms with Crippen LogP contribution in [0.4, 0.5) is 0 Å². The fourth-order valence-electron chi connectivity index (χ4n) is 1.93. The summed E-state index contributed by atoms with van der Waals surface area (Å²) >= 11 is 0. The van der Waals surface area contributed by atoms with E-state index < -0.39 is 0 Å². The second-order valence-electron chi connectivity index (χ2n) is 4.38. The van der Waals surface area contributed by atoms with Crippen LogP contribution in [0.15, 0.2) is 41.0 Å². The van der Waals surface area contributed by atoms with Gasteiger partial charge in [-0.15, -0.1) is 0 Å². The number of nitrogens with one attached hydrogen (secondary N) is 1. The average molecular weight is 230 g/mol. The van der Waals surface area contributed by atoms with Gasteiger partial charge in [0.05, 0.1) is 12.3 Å². The molecule has 0 saturated heterocycles. The van der Waals surface area contributed by atoms with Crippen LogP contribution < -0.4 is 11.3 Å². The van der Waals surface area contributed by atoms with Crippen LogP contribution in [0.2, 0.25) is 0 Å². The van der Waals surface area contributed by atoms with Crippen molar-refractivity contribution >= 4 is 0 Å². The molecule has 3 nitrogen and oxygen atoms in total. The first kappa shape index (κ1) is 11.9. The highest BCUT2D eigenvalue weighted by Crippen LogP contribution is 2.22. The van der Waals surface area contributed by atoms with Crippen LogP contribution in [0.25, 0.3) is 0 Å². The summed E-state index contributed by atoms with van der Waals surface area (Å²) in [4.78, 5) is 0. The maximum atomic E-state index is 5.60. The lowest BCUT2D eigenvalue weighted by molar-refractivity contribution is 0.413. The van der Waals surface area contributed by atoms with Crippen molar-refractivity contribution in [2.24, 2.45) is 5.84 Å². The molecule has 1 heterocycles. The topological polar surface area (TPSA) is 51.2 Å². The summed E-state index contributed by atoms with van der Waals surface area (Å²) < 4.78 is 5.47. The smallest absolute Gasteiger partial charge is 0.125 e. The molecule has 0 amide bonds. The monoisotopic (exact) mass is 230 g/mol. The number of nitrogens with two attached hydrogens (primary N) is 1. The lowest BCUT2D eigenvalue weighted by Crippen LogP contribution is -2.29. The van der Waals surface area contributed by atoms with E-state index in [2.05, 4.69) is 36.6 Å². The van der Waals surface area contributed by atoms with Gasteiger partial charge in [-0.1, -0.05) is 29.8 Å². The van der Waals surface area contributed by atoms with E-state index in [-0.39, 0.29) is 6.04 Å². The summed E-state index contributed by atoms with van der Waals surface area (Å²) in [6.45, 7) is 4.11. The van der Waals surface area contributed by atoms with Gasteiger partial charge in [0.15, 0.2) is 0 Å². The lowest BCUT2D eigenvalue weighted by Gasteiger charge is -2.14. The number of hydrogen-bond acceptors (Lipinski definition) is 3. The maximum absolute atomic E-state index is 5.60. The van der Waals surface area contributed by atoms with E-state index in [1.807, 2.05) is 13.0 Å². The van der Waals surface area contributed by atoms with Crippen LogP contribution in [0.1, 0.15) is 28.5 Å². The second-order valence-corrected chi connectivity index (χ2v) is 4.38. The first-order valence-corrected chi connectivity index (χ1v) is 5.76. The highest BCUT2D eigenvalue weighted by molar-refractivity contribution is 5.25. The Balaban J connectivity index is 2.16. The third kappa shape index (κ3) is 2.75. The van der Waals surface area contributed by atoms with Gasteiger partial charge >= 0.3 is 0 Å². The first-order chi connectivity index (χ1) is 8.20. The molecule has 0 bridgehead atoms. The van der Waals surface area contributed by atoms with Crippen molar-refractivity contribution in [3.05, 3.63) is 59.0 Å². The minimum absolute atomic E-state index is 0.0210. The summed E-state index contributed by atoms with van der Waals surface area (Å²) in [7, 11) is 0. The molecule has 0 radical (unpaired) electrons. The number of aryl methyl sites for hydroxylation is 2. The molecule has 0 aliphatic heterocycles. The highest BCUT2D eigenvalue weighted by atomic mass is 16.3. The predicted octanol–water partition coefficient (Wildman–Crippen LogP) is 2.64. The molecule has 0 aliphatic carbocycles. The van der Waals surface area contributed by atoms with E-state index in [0.717, 1.165) is 17.7 Å². The van der Waals surface area contributed by atoms with Gasteiger partial charge in [-0.05, 0) is 37.5 Å². The molecule has 0 spiro atoms. The molecule has 0 saturated carbocycles. The van der Waals surface area contributed by atoms with Crippen molar-refractivity contribution in [1.82, 2.24) is 5.43 Å². The third-order valence-corrected chi connectivity index (χ3v) is 2.98. The van der Waals surface area contributed by atoms with Crippen molar-refractivity contribution in [2.45, 2.75) is 26.3 Å². The molecule has 3 N–H and O–H groups in total. The number of hydrazine groups is 1. The van der Waals surface area contributed by atoms with Gasteiger partial charge in [-0.2, -0.15) is 0 Å². The standard InChI is InChI=1S/C14H18N2O/c1-10-3-5-12(6-4-10)9-13(16-15)14-11(2)7-8-17-14/h3-8,13,16H,9,15H2,1-2H3.